The number of phenolic OH excluding ortho intramolecular Hbond substituents is 1. The van der Waals surface area contributed by atoms with Crippen molar-refractivity contribution in [3.05, 3.63) is 41.0 Å². The molecule has 0 amide bonds. The molecule has 96 valence electrons. The van der Waals surface area contributed by atoms with Crippen molar-refractivity contribution in [1.82, 2.24) is 0 Å². The van der Waals surface area contributed by atoms with Gasteiger partial charge in [-0.05, 0) is 48.6 Å². The average Bonchev–Trinajstić information content (AvgIpc) is 2.56. The summed E-state index contributed by atoms with van der Waals surface area (Å²) in [5, 5.41) is 19.7. The first-order valence-corrected chi connectivity index (χ1v) is 6.11. The maximum absolute atomic E-state index is 11.9. The Balaban J connectivity index is 2.29. The predicted octanol–water partition coefficient (Wildman–Crippen LogP) is 2.31. The largest absolute Gasteiger partial charge is 0.508 e. The number of aliphatic hydroxyl groups excluding tert-OH is 1. The number of hydrogen-bond donors (Lipinski definition) is 2. The molecule has 18 heavy (non-hydrogen) atoms. The van der Waals surface area contributed by atoms with Gasteiger partial charge in [-0.15, -0.1) is 0 Å². The minimum atomic E-state index is -0.712. The molecule has 0 aliphatic heterocycles. The third-order valence-electron chi connectivity index (χ3n) is 3.80. The van der Waals surface area contributed by atoms with Crippen LogP contribution < -0.4 is 0 Å². The summed E-state index contributed by atoms with van der Waals surface area (Å²) in [4.78, 5) is 11.9. The molecule has 0 bridgehead atoms. The van der Waals surface area contributed by atoms with Crippen LogP contribution in [0.1, 0.15) is 30.9 Å². The summed E-state index contributed by atoms with van der Waals surface area (Å²) in [7, 11) is 0. The molecule has 0 unspecified atom stereocenters. The van der Waals surface area contributed by atoms with Crippen LogP contribution >= 0.6 is 0 Å². The van der Waals surface area contributed by atoms with E-state index in [4.69, 9.17) is 0 Å². The van der Waals surface area contributed by atoms with Crippen LogP contribution in [0.3, 0.4) is 0 Å². The topological polar surface area (TPSA) is 57.5 Å². The van der Waals surface area contributed by atoms with Crippen molar-refractivity contribution in [3.8, 4) is 5.75 Å². The molecule has 1 aromatic rings. The summed E-state index contributed by atoms with van der Waals surface area (Å²) in [6, 6.07) is 5.40. The van der Waals surface area contributed by atoms with Gasteiger partial charge < -0.3 is 10.2 Å². The Bertz CT molecular complexity index is 516. The van der Waals surface area contributed by atoms with Crippen LogP contribution in [-0.2, 0) is 4.79 Å². The molecule has 3 heteroatoms. The maximum Gasteiger partial charge on any atom is 0.162 e. The molecule has 1 aliphatic rings. The minimum Gasteiger partial charge on any atom is -0.508 e. The van der Waals surface area contributed by atoms with Crippen molar-refractivity contribution in [2.24, 2.45) is 5.92 Å². The lowest BCUT2D eigenvalue weighted by atomic mass is 9.83. The highest BCUT2D eigenvalue weighted by Crippen LogP contribution is 2.36. The van der Waals surface area contributed by atoms with E-state index < -0.39 is 12.0 Å². The lowest BCUT2D eigenvalue weighted by Crippen LogP contribution is -2.27. The van der Waals surface area contributed by atoms with Crippen LogP contribution in [0.5, 0.6) is 5.75 Å². The fourth-order valence-electron chi connectivity index (χ4n) is 2.48. The Kier molecular flexibility index (Phi) is 3.26. The Hall–Kier alpha value is -1.61. The summed E-state index contributed by atoms with van der Waals surface area (Å²) < 4.78 is 0. The van der Waals surface area contributed by atoms with Gasteiger partial charge in [-0.1, -0.05) is 19.1 Å². The van der Waals surface area contributed by atoms with Crippen molar-refractivity contribution in [2.75, 3.05) is 0 Å². The fraction of sp³-hybridized carbons (Fsp3) is 0.400. The van der Waals surface area contributed by atoms with Gasteiger partial charge in [-0.2, -0.15) is 0 Å². The number of aryl methyl sites for hydroxylation is 1. The van der Waals surface area contributed by atoms with Crippen molar-refractivity contribution in [2.45, 2.75) is 32.8 Å². The number of aromatic hydroxyl groups is 1. The SMILES string of the molecule is CC1=CC(=O)[C@H]([C@H](C)c2ccc(C)c(O)c2)[C@H]1O. The van der Waals surface area contributed by atoms with Crippen LogP contribution in [0.15, 0.2) is 29.8 Å². The lowest BCUT2D eigenvalue weighted by molar-refractivity contribution is -0.120. The Morgan fingerprint density at radius 2 is 1.94 bits per heavy atom. The number of carbonyl (C=O) groups is 1. The molecule has 2 rings (SSSR count). The number of allylic oxidation sites excluding steroid dienone is 1. The third kappa shape index (κ3) is 2.06. The summed E-state index contributed by atoms with van der Waals surface area (Å²) in [5.74, 6) is -0.365. The van der Waals surface area contributed by atoms with Gasteiger partial charge in [0.25, 0.3) is 0 Å². The van der Waals surface area contributed by atoms with Gasteiger partial charge in [-0.25, -0.2) is 0 Å². The standard InChI is InChI=1S/C15H18O3/c1-8-4-5-11(7-12(8)16)10(3)14-13(17)6-9(2)15(14)18/h4-7,10,14-16,18H,1-3H3/t10-,14+,15+/m1/s1. The molecule has 0 heterocycles. The van der Waals surface area contributed by atoms with E-state index in [1.54, 1.807) is 13.0 Å². The van der Waals surface area contributed by atoms with Gasteiger partial charge in [0.15, 0.2) is 5.78 Å². The van der Waals surface area contributed by atoms with Crippen molar-refractivity contribution in [3.63, 3.8) is 0 Å². The minimum absolute atomic E-state index is 0.0347. The highest BCUT2D eigenvalue weighted by Gasteiger charge is 2.37. The second kappa shape index (κ2) is 4.58. The summed E-state index contributed by atoms with van der Waals surface area (Å²) in [6.45, 7) is 5.50. The average molecular weight is 246 g/mol. The molecule has 0 saturated carbocycles. The zero-order valence-corrected chi connectivity index (χ0v) is 10.8. The van der Waals surface area contributed by atoms with Gasteiger partial charge in [0.05, 0.1) is 12.0 Å². The smallest absolute Gasteiger partial charge is 0.162 e. The highest BCUT2D eigenvalue weighted by atomic mass is 16.3. The van der Waals surface area contributed by atoms with E-state index in [9.17, 15) is 15.0 Å². The van der Waals surface area contributed by atoms with Crippen LogP contribution in [0.25, 0.3) is 0 Å². The quantitative estimate of drug-likeness (QED) is 0.842. The number of aliphatic hydroxyl groups is 1. The first-order valence-electron chi connectivity index (χ1n) is 6.11. The zero-order chi connectivity index (χ0) is 13.4. The molecule has 3 nitrogen and oxygen atoms in total. The van der Waals surface area contributed by atoms with E-state index in [1.165, 1.54) is 6.08 Å². The molecular formula is C15H18O3. The van der Waals surface area contributed by atoms with Crippen LogP contribution in [-0.4, -0.2) is 22.1 Å². The van der Waals surface area contributed by atoms with E-state index in [1.807, 2.05) is 26.0 Å². The van der Waals surface area contributed by atoms with Gasteiger partial charge in [0.1, 0.15) is 5.75 Å². The Morgan fingerprint density at radius 3 is 2.44 bits per heavy atom. The number of hydrogen-bond acceptors (Lipinski definition) is 3. The normalized spacial score (nSPS) is 25.1. The molecule has 1 aromatic carbocycles. The maximum atomic E-state index is 11.9. The van der Waals surface area contributed by atoms with Crippen molar-refractivity contribution in [1.29, 1.82) is 0 Å². The summed E-state index contributed by atoms with van der Waals surface area (Å²) >= 11 is 0. The van der Waals surface area contributed by atoms with Crippen molar-refractivity contribution >= 4 is 5.78 Å². The van der Waals surface area contributed by atoms with Gasteiger partial charge in [0.2, 0.25) is 0 Å². The second-order valence-electron chi connectivity index (χ2n) is 5.10. The number of carbonyl (C=O) groups excluding carboxylic acids is 1. The molecule has 1 aliphatic carbocycles. The number of ketones is 1. The summed E-state index contributed by atoms with van der Waals surface area (Å²) in [6.07, 6.45) is 0.802. The molecular weight excluding hydrogens is 228 g/mol. The first kappa shape index (κ1) is 12.8. The number of benzene rings is 1. The van der Waals surface area contributed by atoms with E-state index in [0.717, 1.165) is 11.1 Å². The van der Waals surface area contributed by atoms with Gasteiger partial charge in [0, 0.05) is 0 Å². The van der Waals surface area contributed by atoms with E-state index in [2.05, 4.69) is 0 Å². The van der Waals surface area contributed by atoms with Crippen LogP contribution in [0.2, 0.25) is 0 Å². The van der Waals surface area contributed by atoms with E-state index in [-0.39, 0.29) is 17.5 Å². The van der Waals surface area contributed by atoms with Crippen LogP contribution in [0, 0.1) is 12.8 Å². The zero-order valence-electron chi connectivity index (χ0n) is 10.8. The molecule has 0 spiro atoms. The lowest BCUT2D eigenvalue weighted by Gasteiger charge is -2.23. The predicted molar refractivity (Wildman–Crippen MR) is 69.5 cm³/mol. The summed E-state index contributed by atoms with van der Waals surface area (Å²) in [5.41, 5.74) is 2.39. The Morgan fingerprint density at radius 1 is 1.28 bits per heavy atom. The fourth-order valence-corrected chi connectivity index (χ4v) is 2.48. The molecule has 0 saturated heterocycles. The molecule has 3 atom stereocenters. The Labute approximate surface area is 107 Å². The highest BCUT2D eigenvalue weighted by molar-refractivity contribution is 5.96. The van der Waals surface area contributed by atoms with Crippen molar-refractivity contribution < 1.29 is 15.0 Å². The number of phenols is 1. The molecule has 2 N–H and O–H groups in total. The van der Waals surface area contributed by atoms with Crippen LogP contribution in [0.4, 0.5) is 0 Å². The molecule has 0 fully saturated rings. The second-order valence-corrected chi connectivity index (χ2v) is 5.10. The first-order chi connectivity index (χ1) is 8.41. The molecule has 0 radical (unpaired) electrons. The number of rotatable bonds is 2. The van der Waals surface area contributed by atoms with Gasteiger partial charge >= 0.3 is 0 Å². The van der Waals surface area contributed by atoms with E-state index in [0.29, 0.717) is 5.57 Å². The van der Waals surface area contributed by atoms with Gasteiger partial charge in [-0.3, -0.25) is 4.79 Å². The van der Waals surface area contributed by atoms with E-state index >= 15 is 0 Å². The molecule has 0 aromatic heterocycles. The third-order valence-corrected chi connectivity index (χ3v) is 3.80. The monoisotopic (exact) mass is 246 g/mol.